The third-order valence-corrected chi connectivity index (χ3v) is 3.67. The summed E-state index contributed by atoms with van der Waals surface area (Å²) in [4.78, 5) is 11.8. The van der Waals surface area contributed by atoms with Crippen LogP contribution in [-0.4, -0.2) is 25.0 Å². The number of amides is 1. The molecule has 0 radical (unpaired) electrons. The van der Waals surface area contributed by atoms with Gasteiger partial charge in [-0.25, -0.2) is 0 Å². The number of hydrogen-bond acceptors (Lipinski definition) is 3. The van der Waals surface area contributed by atoms with Gasteiger partial charge >= 0.3 is 0 Å². The first-order valence-corrected chi connectivity index (χ1v) is 6.47. The van der Waals surface area contributed by atoms with Gasteiger partial charge in [-0.3, -0.25) is 4.79 Å². The Labute approximate surface area is 104 Å². The second-order valence-corrected chi connectivity index (χ2v) is 5.10. The maximum atomic E-state index is 11.8. The molecule has 0 heterocycles. The van der Waals surface area contributed by atoms with E-state index in [0.717, 1.165) is 12.8 Å². The van der Waals surface area contributed by atoms with Crippen molar-refractivity contribution < 1.29 is 4.79 Å². The quantitative estimate of drug-likeness (QED) is 0.763. The topological polar surface area (TPSA) is 64.9 Å². The molecule has 1 saturated carbocycles. The van der Waals surface area contributed by atoms with Crippen LogP contribution in [0.3, 0.4) is 0 Å². The fourth-order valence-electron chi connectivity index (χ4n) is 2.43. The lowest BCUT2D eigenvalue weighted by Crippen LogP contribution is -2.48. The van der Waals surface area contributed by atoms with Gasteiger partial charge in [-0.2, -0.15) is 5.26 Å². The molecule has 1 aliphatic carbocycles. The second kappa shape index (κ2) is 6.61. The van der Waals surface area contributed by atoms with Crippen LogP contribution in [-0.2, 0) is 4.79 Å². The Morgan fingerprint density at radius 2 is 2.06 bits per heavy atom. The van der Waals surface area contributed by atoms with Crippen LogP contribution in [0.15, 0.2) is 0 Å². The van der Waals surface area contributed by atoms with E-state index in [0.29, 0.717) is 13.0 Å². The Morgan fingerprint density at radius 1 is 1.41 bits per heavy atom. The van der Waals surface area contributed by atoms with Gasteiger partial charge in [0.2, 0.25) is 5.91 Å². The van der Waals surface area contributed by atoms with Gasteiger partial charge in [0.1, 0.15) is 0 Å². The van der Waals surface area contributed by atoms with Gasteiger partial charge in [-0.15, -0.1) is 0 Å². The number of rotatable bonds is 5. The Balaban J connectivity index is 2.40. The molecule has 1 rings (SSSR count). The van der Waals surface area contributed by atoms with Gasteiger partial charge in [0.15, 0.2) is 0 Å². The van der Waals surface area contributed by atoms with E-state index in [1.54, 1.807) is 0 Å². The molecular weight excluding hydrogens is 214 g/mol. The van der Waals surface area contributed by atoms with Crippen molar-refractivity contribution in [1.82, 2.24) is 10.6 Å². The van der Waals surface area contributed by atoms with E-state index in [4.69, 9.17) is 5.26 Å². The summed E-state index contributed by atoms with van der Waals surface area (Å²) in [7, 11) is 1.94. The van der Waals surface area contributed by atoms with Crippen LogP contribution in [0.2, 0.25) is 0 Å². The smallest absolute Gasteiger partial charge is 0.221 e. The number of nitrogens with zero attached hydrogens (tertiary/aromatic N) is 1. The molecule has 1 atom stereocenters. The maximum absolute atomic E-state index is 11.8. The molecule has 0 bridgehead atoms. The maximum Gasteiger partial charge on any atom is 0.221 e. The molecule has 4 nitrogen and oxygen atoms in total. The number of carbonyl (C=O) groups is 1. The summed E-state index contributed by atoms with van der Waals surface area (Å²) in [6.45, 7) is 2.27. The minimum atomic E-state index is -0.115. The Bertz CT molecular complexity index is 290. The summed E-state index contributed by atoms with van der Waals surface area (Å²) in [6, 6.07) is 2.12. The summed E-state index contributed by atoms with van der Waals surface area (Å²) < 4.78 is 0. The molecule has 0 aromatic heterocycles. The Hall–Kier alpha value is -1.08. The minimum Gasteiger partial charge on any atom is -0.355 e. The number of carbonyl (C=O) groups excluding carboxylic acids is 1. The summed E-state index contributed by atoms with van der Waals surface area (Å²) >= 11 is 0. The van der Waals surface area contributed by atoms with E-state index < -0.39 is 0 Å². The SMILES string of the molecule is CNC1(CC(=O)NCC(C)C#N)CCCCC1. The van der Waals surface area contributed by atoms with Gasteiger partial charge in [0, 0.05) is 18.5 Å². The van der Waals surface area contributed by atoms with Crippen molar-refractivity contribution in [3.8, 4) is 6.07 Å². The van der Waals surface area contributed by atoms with Crippen molar-refractivity contribution in [2.45, 2.75) is 51.0 Å². The van der Waals surface area contributed by atoms with Gasteiger partial charge in [-0.1, -0.05) is 19.3 Å². The molecule has 2 N–H and O–H groups in total. The average molecular weight is 237 g/mol. The molecule has 0 aromatic carbocycles. The molecule has 1 unspecified atom stereocenters. The van der Waals surface area contributed by atoms with E-state index in [-0.39, 0.29) is 17.4 Å². The molecule has 0 aliphatic heterocycles. The van der Waals surface area contributed by atoms with Crippen molar-refractivity contribution in [2.24, 2.45) is 5.92 Å². The summed E-state index contributed by atoms with van der Waals surface area (Å²) in [5.74, 6) is -0.0563. The molecule has 0 spiro atoms. The molecule has 1 fully saturated rings. The number of hydrogen-bond donors (Lipinski definition) is 2. The van der Waals surface area contributed by atoms with Gasteiger partial charge < -0.3 is 10.6 Å². The van der Waals surface area contributed by atoms with Gasteiger partial charge in [0.25, 0.3) is 0 Å². The summed E-state index contributed by atoms with van der Waals surface area (Å²) in [5.41, 5.74) is -0.0157. The Morgan fingerprint density at radius 3 is 2.59 bits per heavy atom. The molecule has 1 aliphatic rings. The predicted molar refractivity (Wildman–Crippen MR) is 67.3 cm³/mol. The highest BCUT2D eigenvalue weighted by molar-refractivity contribution is 5.77. The monoisotopic (exact) mass is 237 g/mol. The largest absolute Gasteiger partial charge is 0.355 e. The van der Waals surface area contributed by atoms with Crippen LogP contribution in [0.25, 0.3) is 0 Å². The third kappa shape index (κ3) is 4.35. The predicted octanol–water partition coefficient (Wildman–Crippen LogP) is 1.57. The zero-order valence-corrected chi connectivity index (χ0v) is 10.9. The molecule has 4 heteroatoms. The first-order valence-electron chi connectivity index (χ1n) is 6.47. The van der Waals surface area contributed by atoms with E-state index in [1.807, 2.05) is 14.0 Å². The molecule has 1 amide bonds. The van der Waals surface area contributed by atoms with Crippen molar-refractivity contribution in [3.63, 3.8) is 0 Å². The zero-order valence-electron chi connectivity index (χ0n) is 10.9. The van der Waals surface area contributed by atoms with Crippen LogP contribution in [0.4, 0.5) is 0 Å². The highest BCUT2D eigenvalue weighted by Gasteiger charge is 2.32. The summed E-state index contributed by atoms with van der Waals surface area (Å²) in [6.07, 6.45) is 6.35. The van der Waals surface area contributed by atoms with E-state index >= 15 is 0 Å². The van der Waals surface area contributed by atoms with Crippen molar-refractivity contribution in [2.75, 3.05) is 13.6 Å². The Kier molecular flexibility index (Phi) is 5.43. The normalized spacial score (nSPS) is 20.3. The third-order valence-electron chi connectivity index (χ3n) is 3.67. The second-order valence-electron chi connectivity index (χ2n) is 5.10. The van der Waals surface area contributed by atoms with Crippen LogP contribution in [0, 0.1) is 17.2 Å². The minimum absolute atomic E-state index is 0.0157. The fraction of sp³-hybridized carbons (Fsp3) is 0.846. The number of nitrogens with one attached hydrogen (secondary N) is 2. The van der Waals surface area contributed by atoms with Crippen molar-refractivity contribution in [3.05, 3.63) is 0 Å². The van der Waals surface area contributed by atoms with Crippen LogP contribution < -0.4 is 10.6 Å². The molecule has 96 valence electrons. The van der Waals surface area contributed by atoms with Gasteiger partial charge in [-0.05, 0) is 26.8 Å². The number of nitriles is 1. The standard InChI is InChI=1S/C13H23N3O/c1-11(9-14)10-16-12(17)8-13(15-2)6-4-3-5-7-13/h11,15H,3-8,10H2,1-2H3,(H,16,17). The fourth-order valence-corrected chi connectivity index (χ4v) is 2.43. The van der Waals surface area contributed by atoms with Crippen LogP contribution in [0.5, 0.6) is 0 Å². The van der Waals surface area contributed by atoms with Gasteiger partial charge in [0.05, 0.1) is 12.0 Å². The van der Waals surface area contributed by atoms with E-state index in [2.05, 4.69) is 16.7 Å². The van der Waals surface area contributed by atoms with Crippen LogP contribution >= 0.6 is 0 Å². The molecule has 17 heavy (non-hydrogen) atoms. The molecule has 0 aromatic rings. The lowest BCUT2D eigenvalue weighted by atomic mass is 9.79. The average Bonchev–Trinajstić information content (AvgIpc) is 2.37. The van der Waals surface area contributed by atoms with E-state index in [9.17, 15) is 4.79 Å². The van der Waals surface area contributed by atoms with Crippen molar-refractivity contribution >= 4 is 5.91 Å². The summed E-state index contributed by atoms with van der Waals surface area (Å²) in [5, 5.41) is 14.8. The highest BCUT2D eigenvalue weighted by atomic mass is 16.1. The van der Waals surface area contributed by atoms with E-state index in [1.165, 1.54) is 19.3 Å². The molecular formula is C13H23N3O. The van der Waals surface area contributed by atoms with Crippen molar-refractivity contribution in [1.29, 1.82) is 5.26 Å². The lowest BCUT2D eigenvalue weighted by molar-refractivity contribution is -0.123. The highest BCUT2D eigenvalue weighted by Crippen LogP contribution is 2.30. The molecule has 0 saturated heterocycles. The zero-order chi connectivity index (χ0) is 12.7. The first-order chi connectivity index (χ1) is 8.12. The lowest BCUT2D eigenvalue weighted by Gasteiger charge is -2.36. The van der Waals surface area contributed by atoms with Crippen LogP contribution in [0.1, 0.15) is 45.4 Å². The first kappa shape index (κ1) is 14.0.